The van der Waals surface area contributed by atoms with E-state index in [1.165, 1.54) is 6.07 Å². The van der Waals surface area contributed by atoms with Crippen LogP contribution in [0.15, 0.2) is 18.2 Å². The molecule has 1 aliphatic heterocycles. The van der Waals surface area contributed by atoms with Crippen LogP contribution in [0.2, 0.25) is 0 Å². The van der Waals surface area contributed by atoms with Crippen molar-refractivity contribution in [1.29, 1.82) is 0 Å². The molecule has 1 unspecified atom stereocenters. The normalized spacial score (nSPS) is 18.7. The SMILES string of the molecule is O=C(O)c1cccc2c1NC(O)N2. The highest BCUT2D eigenvalue weighted by Crippen LogP contribution is 2.31. The summed E-state index contributed by atoms with van der Waals surface area (Å²) in [5.41, 5.74) is 1.19. The zero-order valence-electron chi connectivity index (χ0n) is 6.61. The molecule has 0 bridgehead atoms. The Morgan fingerprint density at radius 1 is 1.38 bits per heavy atom. The van der Waals surface area contributed by atoms with Crippen molar-refractivity contribution in [2.24, 2.45) is 0 Å². The van der Waals surface area contributed by atoms with E-state index in [9.17, 15) is 4.79 Å². The molecule has 0 amide bonds. The lowest BCUT2D eigenvalue weighted by Crippen LogP contribution is -2.20. The number of aliphatic hydroxyl groups excluding tert-OH is 1. The standard InChI is InChI=1S/C8H8N2O3/c11-7(12)4-2-1-3-5-6(4)10-8(13)9-5/h1-3,8-10,13H,(H,11,12). The second kappa shape index (κ2) is 2.63. The largest absolute Gasteiger partial charge is 0.478 e. The molecule has 4 N–H and O–H groups in total. The second-order valence-electron chi connectivity index (χ2n) is 2.72. The predicted octanol–water partition coefficient (Wildman–Crippen LogP) is 0.498. The first-order chi connectivity index (χ1) is 6.18. The van der Waals surface area contributed by atoms with Crippen molar-refractivity contribution < 1.29 is 15.0 Å². The van der Waals surface area contributed by atoms with Gasteiger partial charge < -0.3 is 20.8 Å². The summed E-state index contributed by atoms with van der Waals surface area (Å²) in [6.07, 6.45) is -0.907. The van der Waals surface area contributed by atoms with Crippen molar-refractivity contribution in [2.75, 3.05) is 10.6 Å². The Balaban J connectivity index is 2.51. The first-order valence-corrected chi connectivity index (χ1v) is 3.76. The molecule has 5 heteroatoms. The van der Waals surface area contributed by atoms with Gasteiger partial charge >= 0.3 is 5.97 Å². The van der Waals surface area contributed by atoms with Gasteiger partial charge in [-0.05, 0) is 12.1 Å². The lowest BCUT2D eigenvalue weighted by Gasteiger charge is -2.02. The summed E-state index contributed by atoms with van der Waals surface area (Å²) in [6.45, 7) is 0. The maximum absolute atomic E-state index is 10.7. The van der Waals surface area contributed by atoms with Gasteiger partial charge in [0.2, 0.25) is 6.35 Å². The summed E-state index contributed by atoms with van der Waals surface area (Å²) in [5, 5.41) is 23.2. The molecule has 5 nitrogen and oxygen atoms in total. The van der Waals surface area contributed by atoms with E-state index in [2.05, 4.69) is 10.6 Å². The maximum Gasteiger partial charge on any atom is 0.337 e. The molecule has 0 saturated heterocycles. The molecular weight excluding hydrogens is 172 g/mol. The highest BCUT2D eigenvalue weighted by molar-refractivity contribution is 5.99. The average Bonchev–Trinajstić information content (AvgIpc) is 2.43. The lowest BCUT2D eigenvalue weighted by atomic mass is 10.1. The molecule has 0 fully saturated rings. The van der Waals surface area contributed by atoms with Crippen molar-refractivity contribution in [3.05, 3.63) is 23.8 Å². The molecule has 1 atom stereocenters. The first-order valence-electron chi connectivity index (χ1n) is 3.76. The molecule has 1 heterocycles. The molecule has 13 heavy (non-hydrogen) atoms. The van der Waals surface area contributed by atoms with E-state index in [0.29, 0.717) is 11.4 Å². The Labute approximate surface area is 74.0 Å². The number of nitrogens with one attached hydrogen (secondary N) is 2. The van der Waals surface area contributed by atoms with Gasteiger partial charge in [-0.2, -0.15) is 0 Å². The molecule has 0 spiro atoms. The number of fused-ring (bicyclic) bond motifs is 1. The monoisotopic (exact) mass is 180 g/mol. The molecule has 0 aliphatic carbocycles. The van der Waals surface area contributed by atoms with E-state index >= 15 is 0 Å². The van der Waals surface area contributed by atoms with E-state index < -0.39 is 12.3 Å². The smallest absolute Gasteiger partial charge is 0.337 e. The second-order valence-corrected chi connectivity index (χ2v) is 2.72. The van der Waals surface area contributed by atoms with Crippen LogP contribution in [0.5, 0.6) is 0 Å². The molecule has 68 valence electrons. The predicted molar refractivity (Wildman–Crippen MR) is 46.7 cm³/mol. The van der Waals surface area contributed by atoms with Gasteiger partial charge in [0, 0.05) is 0 Å². The molecule has 2 rings (SSSR count). The fraction of sp³-hybridized carbons (Fsp3) is 0.125. The number of aliphatic hydroxyl groups is 1. The fourth-order valence-electron chi connectivity index (χ4n) is 1.33. The van der Waals surface area contributed by atoms with Gasteiger partial charge in [-0.3, -0.25) is 0 Å². The Kier molecular flexibility index (Phi) is 1.60. The number of carbonyl (C=O) groups is 1. The quantitative estimate of drug-likeness (QED) is 0.506. The van der Waals surface area contributed by atoms with E-state index in [0.717, 1.165) is 0 Å². The van der Waals surface area contributed by atoms with Crippen molar-refractivity contribution in [2.45, 2.75) is 6.35 Å². The zero-order chi connectivity index (χ0) is 9.42. The Morgan fingerprint density at radius 3 is 2.85 bits per heavy atom. The minimum atomic E-state index is -1.01. The maximum atomic E-state index is 10.7. The van der Waals surface area contributed by atoms with Crippen LogP contribution in [0.3, 0.4) is 0 Å². The molecule has 1 aliphatic rings. The van der Waals surface area contributed by atoms with Gasteiger partial charge in [-0.1, -0.05) is 6.07 Å². The number of benzene rings is 1. The summed E-state index contributed by atoms with van der Waals surface area (Å²) in [6, 6.07) is 4.80. The third-order valence-corrected chi connectivity index (χ3v) is 1.87. The van der Waals surface area contributed by atoms with Gasteiger partial charge in [-0.25, -0.2) is 4.79 Å². The Morgan fingerprint density at radius 2 is 2.15 bits per heavy atom. The Hall–Kier alpha value is -1.75. The summed E-state index contributed by atoms with van der Waals surface area (Å²) < 4.78 is 0. The van der Waals surface area contributed by atoms with Crippen LogP contribution in [0.25, 0.3) is 0 Å². The summed E-state index contributed by atoms with van der Waals surface area (Å²) >= 11 is 0. The number of hydrogen-bond donors (Lipinski definition) is 4. The van der Waals surface area contributed by atoms with E-state index in [1.54, 1.807) is 12.1 Å². The minimum Gasteiger partial charge on any atom is -0.478 e. The number of anilines is 2. The highest BCUT2D eigenvalue weighted by atomic mass is 16.4. The number of para-hydroxylation sites is 1. The van der Waals surface area contributed by atoms with Crippen LogP contribution < -0.4 is 10.6 Å². The van der Waals surface area contributed by atoms with Crippen LogP contribution in [0.4, 0.5) is 11.4 Å². The molecule has 0 aromatic heterocycles. The van der Waals surface area contributed by atoms with Gasteiger partial charge in [0.25, 0.3) is 0 Å². The van der Waals surface area contributed by atoms with E-state index in [1.807, 2.05) is 0 Å². The third-order valence-electron chi connectivity index (χ3n) is 1.87. The number of carboxylic acid groups (broad SMARTS) is 1. The van der Waals surface area contributed by atoms with Gasteiger partial charge in [0.15, 0.2) is 0 Å². The molecular formula is C8H8N2O3. The molecule has 1 aromatic rings. The molecule has 0 radical (unpaired) electrons. The lowest BCUT2D eigenvalue weighted by molar-refractivity contribution is 0.0698. The molecule has 0 saturated carbocycles. The van der Waals surface area contributed by atoms with Crippen molar-refractivity contribution in [3.8, 4) is 0 Å². The number of rotatable bonds is 1. The summed E-state index contributed by atoms with van der Waals surface area (Å²) in [7, 11) is 0. The molecule has 1 aromatic carbocycles. The van der Waals surface area contributed by atoms with Crippen LogP contribution in [0, 0.1) is 0 Å². The van der Waals surface area contributed by atoms with E-state index in [4.69, 9.17) is 10.2 Å². The average molecular weight is 180 g/mol. The van der Waals surface area contributed by atoms with Crippen molar-refractivity contribution in [1.82, 2.24) is 0 Å². The van der Waals surface area contributed by atoms with Gasteiger partial charge in [0.05, 0.1) is 16.9 Å². The first kappa shape index (κ1) is 7.88. The van der Waals surface area contributed by atoms with Crippen LogP contribution in [0.1, 0.15) is 10.4 Å². The Bertz CT molecular complexity index is 364. The third kappa shape index (κ3) is 1.19. The van der Waals surface area contributed by atoms with Crippen molar-refractivity contribution >= 4 is 17.3 Å². The number of hydrogen-bond acceptors (Lipinski definition) is 4. The topological polar surface area (TPSA) is 81.6 Å². The fourth-order valence-corrected chi connectivity index (χ4v) is 1.33. The number of carboxylic acids is 1. The van der Waals surface area contributed by atoms with E-state index in [-0.39, 0.29) is 5.56 Å². The van der Waals surface area contributed by atoms with Crippen molar-refractivity contribution in [3.63, 3.8) is 0 Å². The summed E-state index contributed by atoms with van der Waals surface area (Å²) in [4.78, 5) is 10.7. The van der Waals surface area contributed by atoms with Gasteiger partial charge in [-0.15, -0.1) is 0 Å². The minimum absolute atomic E-state index is 0.154. The summed E-state index contributed by atoms with van der Waals surface area (Å²) in [5.74, 6) is -1.01. The zero-order valence-corrected chi connectivity index (χ0v) is 6.61. The van der Waals surface area contributed by atoms with Gasteiger partial charge in [0.1, 0.15) is 0 Å². The highest BCUT2D eigenvalue weighted by Gasteiger charge is 2.22. The van der Waals surface area contributed by atoms with Crippen LogP contribution >= 0.6 is 0 Å². The van der Waals surface area contributed by atoms with Crippen LogP contribution in [-0.2, 0) is 0 Å². The van der Waals surface area contributed by atoms with Crippen LogP contribution in [-0.4, -0.2) is 22.5 Å². The number of aromatic carboxylic acids is 1.